The summed E-state index contributed by atoms with van der Waals surface area (Å²) in [6.45, 7) is 0. The number of rotatable bonds is 4. The van der Waals surface area contributed by atoms with Crippen LogP contribution in [0.3, 0.4) is 0 Å². The number of aliphatic carboxylic acids is 1. The molecule has 1 aliphatic rings. The number of carbonyl (C=O) groups is 1. The van der Waals surface area contributed by atoms with Gasteiger partial charge in [-0.25, -0.2) is 8.78 Å². The van der Waals surface area contributed by atoms with Gasteiger partial charge in [-0.1, -0.05) is 12.2 Å². The first-order valence-electron chi connectivity index (χ1n) is 4.76. The van der Waals surface area contributed by atoms with Crippen LogP contribution in [0.15, 0.2) is 12.2 Å². The molecule has 0 saturated carbocycles. The van der Waals surface area contributed by atoms with E-state index in [2.05, 4.69) is 0 Å². The van der Waals surface area contributed by atoms with E-state index in [1.807, 2.05) is 12.2 Å². The summed E-state index contributed by atoms with van der Waals surface area (Å²) >= 11 is 0. The van der Waals surface area contributed by atoms with E-state index in [-0.39, 0.29) is 5.92 Å². The maximum absolute atomic E-state index is 12.6. The number of alkyl halides is 2. The summed E-state index contributed by atoms with van der Waals surface area (Å²) < 4.78 is 25.1. The van der Waals surface area contributed by atoms with Crippen LogP contribution in [-0.2, 0) is 4.79 Å². The summed E-state index contributed by atoms with van der Waals surface area (Å²) in [7, 11) is 0. The Morgan fingerprint density at radius 2 is 2.21 bits per heavy atom. The molecule has 0 fully saturated rings. The summed E-state index contributed by atoms with van der Waals surface area (Å²) in [6, 6.07) is 0. The van der Waals surface area contributed by atoms with Crippen LogP contribution in [0.5, 0.6) is 0 Å². The van der Waals surface area contributed by atoms with Gasteiger partial charge in [-0.05, 0) is 25.2 Å². The molecule has 2 atom stereocenters. The molecule has 2 unspecified atom stereocenters. The Labute approximate surface area is 81.6 Å². The van der Waals surface area contributed by atoms with Crippen molar-refractivity contribution in [1.29, 1.82) is 0 Å². The maximum Gasteiger partial charge on any atom is 0.303 e. The molecule has 0 aromatic carbocycles. The third kappa shape index (κ3) is 3.09. The lowest BCUT2D eigenvalue weighted by atomic mass is 9.81. The first kappa shape index (κ1) is 11.1. The number of halogens is 2. The normalized spacial score (nSPS) is 23.8. The third-order valence-electron chi connectivity index (χ3n) is 2.65. The minimum absolute atomic E-state index is 0.170. The second kappa shape index (κ2) is 5.08. The quantitative estimate of drug-likeness (QED) is 0.715. The van der Waals surface area contributed by atoms with Crippen LogP contribution in [0.4, 0.5) is 8.78 Å². The zero-order valence-electron chi connectivity index (χ0n) is 7.83. The smallest absolute Gasteiger partial charge is 0.303 e. The molecule has 0 aromatic rings. The van der Waals surface area contributed by atoms with Crippen molar-refractivity contribution >= 4 is 5.97 Å². The molecule has 1 rings (SSSR count). The van der Waals surface area contributed by atoms with Crippen molar-refractivity contribution in [2.45, 2.75) is 32.1 Å². The van der Waals surface area contributed by atoms with Gasteiger partial charge in [0.1, 0.15) is 0 Å². The monoisotopic (exact) mass is 204 g/mol. The van der Waals surface area contributed by atoms with E-state index in [0.717, 1.165) is 6.42 Å². The predicted molar refractivity (Wildman–Crippen MR) is 48.2 cm³/mol. The zero-order chi connectivity index (χ0) is 10.6. The van der Waals surface area contributed by atoms with Gasteiger partial charge in [0.05, 0.1) is 6.42 Å². The third-order valence-corrected chi connectivity index (χ3v) is 2.65. The highest BCUT2D eigenvalue weighted by molar-refractivity contribution is 5.67. The standard InChI is InChI=1S/C10H14F2O2/c11-10(12)8(6-9(13)14)7-4-2-1-3-5-7/h1-2,7-8,10H,3-6H2,(H,13,14). The predicted octanol–water partition coefficient (Wildman–Crippen LogP) is 2.70. The Morgan fingerprint density at radius 1 is 1.50 bits per heavy atom. The van der Waals surface area contributed by atoms with Crippen molar-refractivity contribution < 1.29 is 18.7 Å². The first-order valence-corrected chi connectivity index (χ1v) is 4.76. The van der Waals surface area contributed by atoms with Crippen LogP contribution in [0, 0.1) is 11.8 Å². The molecule has 0 radical (unpaired) electrons. The van der Waals surface area contributed by atoms with Crippen molar-refractivity contribution in [2.24, 2.45) is 11.8 Å². The fourth-order valence-corrected chi connectivity index (χ4v) is 1.87. The van der Waals surface area contributed by atoms with Gasteiger partial charge in [0.2, 0.25) is 6.43 Å². The first-order chi connectivity index (χ1) is 6.61. The molecule has 4 heteroatoms. The van der Waals surface area contributed by atoms with Crippen LogP contribution in [0.25, 0.3) is 0 Å². The van der Waals surface area contributed by atoms with E-state index in [0.29, 0.717) is 12.8 Å². The van der Waals surface area contributed by atoms with Crippen LogP contribution in [0.1, 0.15) is 25.7 Å². The summed E-state index contributed by atoms with van der Waals surface area (Å²) in [5.41, 5.74) is 0. The second-order valence-electron chi connectivity index (χ2n) is 3.64. The molecule has 80 valence electrons. The highest BCUT2D eigenvalue weighted by Gasteiger charge is 2.31. The highest BCUT2D eigenvalue weighted by Crippen LogP contribution is 2.32. The molecule has 0 saturated heterocycles. The van der Waals surface area contributed by atoms with Crippen molar-refractivity contribution in [1.82, 2.24) is 0 Å². The van der Waals surface area contributed by atoms with E-state index < -0.39 is 24.7 Å². The largest absolute Gasteiger partial charge is 0.481 e. The molecule has 2 nitrogen and oxygen atoms in total. The van der Waals surface area contributed by atoms with Crippen molar-refractivity contribution in [2.75, 3.05) is 0 Å². The lowest BCUT2D eigenvalue weighted by molar-refractivity contribution is -0.140. The molecule has 0 amide bonds. The fraction of sp³-hybridized carbons (Fsp3) is 0.700. The van der Waals surface area contributed by atoms with Crippen LogP contribution in [-0.4, -0.2) is 17.5 Å². The van der Waals surface area contributed by atoms with Gasteiger partial charge in [-0.3, -0.25) is 4.79 Å². The van der Waals surface area contributed by atoms with Crippen molar-refractivity contribution in [3.8, 4) is 0 Å². The summed E-state index contributed by atoms with van der Waals surface area (Å²) in [6.07, 6.45) is 2.93. The molecule has 0 aromatic heterocycles. The summed E-state index contributed by atoms with van der Waals surface area (Å²) in [4.78, 5) is 10.4. The lowest BCUT2D eigenvalue weighted by Crippen LogP contribution is -2.25. The average Bonchev–Trinajstić information content (AvgIpc) is 2.15. The molecule has 0 heterocycles. The molecule has 14 heavy (non-hydrogen) atoms. The Morgan fingerprint density at radius 3 is 2.64 bits per heavy atom. The molecule has 0 spiro atoms. The average molecular weight is 204 g/mol. The Bertz CT molecular complexity index is 226. The van der Waals surface area contributed by atoms with Crippen LogP contribution in [0.2, 0.25) is 0 Å². The Balaban J connectivity index is 2.57. The van der Waals surface area contributed by atoms with Crippen LogP contribution < -0.4 is 0 Å². The maximum atomic E-state index is 12.6. The van der Waals surface area contributed by atoms with E-state index in [1.54, 1.807) is 0 Å². The summed E-state index contributed by atoms with van der Waals surface area (Å²) in [5, 5.41) is 8.51. The highest BCUT2D eigenvalue weighted by atomic mass is 19.3. The van der Waals surface area contributed by atoms with Gasteiger partial charge in [-0.2, -0.15) is 0 Å². The number of carboxylic acid groups (broad SMARTS) is 1. The van der Waals surface area contributed by atoms with Gasteiger partial charge in [0, 0.05) is 5.92 Å². The molecule has 0 aliphatic heterocycles. The van der Waals surface area contributed by atoms with Crippen molar-refractivity contribution in [3.05, 3.63) is 12.2 Å². The van der Waals surface area contributed by atoms with Gasteiger partial charge < -0.3 is 5.11 Å². The van der Waals surface area contributed by atoms with Crippen LogP contribution >= 0.6 is 0 Å². The van der Waals surface area contributed by atoms with Gasteiger partial charge in [0.15, 0.2) is 0 Å². The number of hydrogen-bond donors (Lipinski definition) is 1. The topological polar surface area (TPSA) is 37.3 Å². The fourth-order valence-electron chi connectivity index (χ4n) is 1.87. The summed E-state index contributed by atoms with van der Waals surface area (Å²) in [5.74, 6) is -2.29. The van der Waals surface area contributed by atoms with Crippen molar-refractivity contribution in [3.63, 3.8) is 0 Å². The minimum Gasteiger partial charge on any atom is -0.481 e. The molecule has 1 aliphatic carbocycles. The Hall–Kier alpha value is -0.930. The number of carboxylic acids is 1. The van der Waals surface area contributed by atoms with E-state index in [9.17, 15) is 13.6 Å². The van der Waals surface area contributed by atoms with E-state index in [4.69, 9.17) is 5.11 Å². The zero-order valence-corrected chi connectivity index (χ0v) is 7.83. The number of hydrogen-bond acceptors (Lipinski definition) is 1. The van der Waals surface area contributed by atoms with Gasteiger partial charge >= 0.3 is 5.97 Å². The SMILES string of the molecule is O=C(O)CC(C(F)F)C1CC=CCC1. The van der Waals surface area contributed by atoms with Gasteiger partial charge in [-0.15, -0.1) is 0 Å². The van der Waals surface area contributed by atoms with E-state index in [1.165, 1.54) is 0 Å². The lowest BCUT2D eigenvalue weighted by Gasteiger charge is -2.26. The molecular formula is C10H14F2O2. The molecule has 1 N–H and O–H groups in total. The van der Waals surface area contributed by atoms with E-state index >= 15 is 0 Å². The van der Waals surface area contributed by atoms with Gasteiger partial charge in [0.25, 0.3) is 0 Å². The second-order valence-corrected chi connectivity index (χ2v) is 3.64. The molecule has 0 bridgehead atoms. The molecular weight excluding hydrogens is 190 g/mol. The minimum atomic E-state index is -2.53. The Kier molecular flexibility index (Phi) is 4.04. The number of allylic oxidation sites excluding steroid dienone is 2.